The van der Waals surface area contributed by atoms with E-state index in [1.54, 1.807) is 7.11 Å². The fourth-order valence-corrected chi connectivity index (χ4v) is 4.06. The first-order chi connectivity index (χ1) is 15.5. The van der Waals surface area contributed by atoms with Gasteiger partial charge in [0.15, 0.2) is 11.5 Å². The van der Waals surface area contributed by atoms with Gasteiger partial charge in [-0.3, -0.25) is 0 Å². The Morgan fingerprint density at radius 1 is 0.938 bits per heavy atom. The maximum absolute atomic E-state index is 6.07. The third-order valence-corrected chi connectivity index (χ3v) is 6.06. The van der Waals surface area contributed by atoms with Crippen molar-refractivity contribution in [2.45, 2.75) is 26.3 Å². The van der Waals surface area contributed by atoms with E-state index in [2.05, 4.69) is 65.4 Å². The largest absolute Gasteiger partial charge is 0.493 e. The molecule has 0 saturated carbocycles. The van der Waals surface area contributed by atoms with Crippen molar-refractivity contribution in [2.75, 3.05) is 67.1 Å². The molecule has 3 rings (SSSR count). The Balaban J connectivity index is 1.73. The van der Waals surface area contributed by atoms with Gasteiger partial charge in [-0.15, -0.1) is 0 Å². The van der Waals surface area contributed by atoms with Gasteiger partial charge in [-0.05, 0) is 74.6 Å². The molecule has 2 aromatic carbocycles. The molecule has 0 spiro atoms. The number of benzene rings is 2. The van der Waals surface area contributed by atoms with E-state index in [-0.39, 0.29) is 6.04 Å². The van der Waals surface area contributed by atoms with Gasteiger partial charge in [0.1, 0.15) is 19.0 Å². The van der Waals surface area contributed by atoms with Gasteiger partial charge in [0, 0.05) is 19.6 Å². The summed E-state index contributed by atoms with van der Waals surface area (Å²) in [5.41, 5.74) is 3.80. The van der Waals surface area contributed by atoms with E-state index in [9.17, 15) is 0 Å². The maximum Gasteiger partial charge on any atom is 0.161 e. The lowest BCUT2D eigenvalue weighted by molar-refractivity contribution is 0.223. The molecule has 1 aliphatic heterocycles. The first-order valence-corrected chi connectivity index (χ1v) is 11.7. The lowest BCUT2D eigenvalue weighted by Crippen LogP contribution is -2.30. The zero-order chi connectivity index (χ0) is 22.9. The normalized spacial score (nSPS) is 15.7. The summed E-state index contributed by atoms with van der Waals surface area (Å²) in [5, 5.41) is 3.67. The summed E-state index contributed by atoms with van der Waals surface area (Å²) >= 11 is 0. The van der Waals surface area contributed by atoms with Crippen LogP contribution in [0.2, 0.25) is 0 Å². The van der Waals surface area contributed by atoms with Gasteiger partial charge >= 0.3 is 0 Å². The number of fused-ring (bicyclic) bond motifs is 1. The molecular formula is C26H39N3O3. The molecule has 1 aliphatic rings. The van der Waals surface area contributed by atoms with Gasteiger partial charge in [0.25, 0.3) is 0 Å². The number of likely N-dealkylation sites (N-methyl/N-ethyl adjacent to an activating group) is 2. The first kappa shape index (κ1) is 24.4. The number of methoxy groups -OCH3 is 1. The van der Waals surface area contributed by atoms with Crippen LogP contribution in [0.4, 0.5) is 0 Å². The molecule has 1 unspecified atom stereocenters. The average Bonchev–Trinajstić information content (AvgIpc) is 2.81. The summed E-state index contributed by atoms with van der Waals surface area (Å²) in [5.74, 6) is 2.53. The van der Waals surface area contributed by atoms with E-state index in [4.69, 9.17) is 14.2 Å². The van der Waals surface area contributed by atoms with Crippen LogP contribution in [-0.2, 0) is 6.42 Å². The highest BCUT2D eigenvalue weighted by molar-refractivity contribution is 5.52. The number of hydrogen-bond acceptors (Lipinski definition) is 6. The van der Waals surface area contributed by atoms with Crippen molar-refractivity contribution in [3.05, 3.63) is 53.1 Å². The molecule has 0 fully saturated rings. The van der Waals surface area contributed by atoms with Crippen molar-refractivity contribution in [3.63, 3.8) is 0 Å². The number of hydrogen-bond donors (Lipinski definition) is 1. The quantitative estimate of drug-likeness (QED) is 0.543. The minimum absolute atomic E-state index is 0.130. The second-order valence-corrected chi connectivity index (χ2v) is 8.44. The fourth-order valence-electron chi connectivity index (χ4n) is 4.06. The Kier molecular flexibility index (Phi) is 9.21. The molecule has 1 heterocycles. The minimum atomic E-state index is 0.130. The fraction of sp³-hybridized carbons (Fsp3) is 0.538. The second-order valence-electron chi connectivity index (χ2n) is 8.44. The number of rotatable bonds is 12. The van der Waals surface area contributed by atoms with E-state index in [0.29, 0.717) is 13.2 Å². The summed E-state index contributed by atoms with van der Waals surface area (Å²) in [6.07, 6.45) is 0.979. The van der Waals surface area contributed by atoms with Crippen LogP contribution in [0.15, 0.2) is 36.4 Å². The zero-order valence-corrected chi connectivity index (χ0v) is 20.3. The molecule has 6 heteroatoms. The van der Waals surface area contributed by atoms with Gasteiger partial charge < -0.3 is 29.3 Å². The summed E-state index contributed by atoms with van der Waals surface area (Å²) in [4.78, 5) is 4.48. The van der Waals surface area contributed by atoms with Gasteiger partial charge in [0.05, 0.1) is 13.2 Å². The topological polar surface area (TPSA) is 46.2 Å². The highest BCUT2D eigenvalue weighted by Gasteiger charge is 2.24. The van der Waals surface area contributed by atoms with E-state index >= 15 is 0 Å². The SMILES string of the molecule is CCN(CC)CCOc1ccc(C2NCCc3cc(OC)c(OCCN(C)C)cc32)cc1. The molecule has 1 N–H and O–H groups in total. The monoisotopic (exact) mass is 441 g/mol. The third kappa shape index (κ3) is 6.37. The van der Waals surface area contributed by atoms with Crippen LogP contribution in [0, 0.1) is 0 Å². The Labute approximate surface area is 193 Å². The van der Waals surface area contributed by atoms with E-state index in [1.807, 2.05) is 14.1 Å². The lowest BCUT2D eigenvalue weighted by Gasteiger charge is -2.29. The second kappa shape index (κ2) is 12.1. The minimum Gasteiger partial charge on any atom is -0.493 e. The summed E-state index contributed by atoms with van der Waals surface area (Å²) in [6.45, 7) is 10.5. The molecule has 1 atom stereocenters. The summed E-state index contributed by atoms with van der Waals surface area (Å²) in [6, 6.07) is 12.9. The zero-order valence-electron chi connectivity index (χ0n) is 20.3. The number of ether oxygens (including phenoxy) is 3. The molecule has 32 heavy (non-hydrogen) atoms. The van der Waals surface area contributed by atoms with Crippen LogP contribution in [-0.4, -0.2) is 76.9 Å². The van der Waals surface area contributed by atoms with Crippen LogP contribution in [0.3, 0.4) is 0 Å². The van der Waals surface area contributed by atoms with E-state index in [0.717, 1.165) is 56.4 Å². The van der Waals surface area contributed by atoms with Crippen molar-refractivity contribution in [1.29, 1.82) is 0 Å². The Morgan fingerprint density at radius 2 is 1.66 bits per heavy atom. The average molecular weight is 442 g/mol. The van der Waals surface area contributed by atoms with Crippen LogP contribution in [0.25, 0.3) is 0 Å². The highest BCUT2D eigenvalue weighted by atomic mass is 16.5. The van der Waals surface area contributed by atoms with Crippen LogP contribution in [0.1, 0.15) is 36.6 Å². The van der Waals surface area contributed by atoms with E-state index < -0.39 is 0 Å². The first-order valence-electron chi connectivity index (χ1n) is 11.7. The maximum atomic E-state index is 6.07. The molecule has 0 saturated heterocycles. The Morgan fingerprint density at radius 3 is 2.31 bits per heavy atom. The van der Waals surface area contributed by atoms with Crippen molar-refractivity contribution >= 4 is 0 Å². The predicted molar refractivity (Wildman–Crippen MR) is 130 cm³/mol. The predicted octanol–water partition coefficient (Wildman–Crippen LogP) is 3.59. The van der Waals surface area contributed by atoms with Gasteiger partial charge in [-0.25, -0.2) is 0 Å². The molecule has 0 aliphatic carbocycles. The summed E-state index contributed by atoms with van der Waals surface area (Å²) < 4.78 is 17.7. The van der Waals surface area contributed by atoms with Crippen molar-refractivity contribution in [2.24, 2.45) is 0 Å². The van der Waals surface area contributed by atoms with Crippen molar-refractivity contribution < 1.29 is 14.2 Å². The summed E-state index contributed by atoms with van der Waals surface area (Å²) in [7, 11) is 5.80. The van der Waals surface area contributed by atoms with Gasteiger partial charge in [-0.1, -0.05) is 26.0 Å². The molecule has 0 radical (unpaired) electrons. The van der Waals surface area contributed by atoms with Gasteiger partial charge in [0.2, 0.25) is 0 Å². The Bertz CT molecular complexity index is 835. The molecule has 0 bridgehead atoms. The lowest BCUT2D eigenvalue weighted by atomic mass is 9.89. The van der Waals surface area contributed by atoms with E-state index in [1.165, 1.54) is 16.7 Å². The molecule has 6 nitrogen and oxygen atoms in total. The molecule has 0 aromatic heterocycles. The van der Waals surface area contributed by atoms with Crippen LogP contribution < -0.4 is 19.5 Å². The van der Waals surface area contributed by atoms with Gasteiger partial charge in [-0.2, -0.15) is 0 Å². The van der Waals surface area contributed by atoms with Crippen LogP contribution >= 0.6 is 0 Å². The standard InChI is InChI=1S/C26H39N3O3/c1-6-29(7-2)15-17-31-22-10-8-20(9-11-22)26-23-19-25(32-16-14-28(3)4)24(30-5)18-21(23)12-13-27-26/h8-11,18-19,26-27H,6-7,12-17H2,1-5H3. The Hall–Kier alpha value is -2.28. The third-order valence-electron chi connectivity index (χ3n) is 6.06. The van der Waals surface area contributed by atoms with Crippen LogP contribution in [0.5, 0.6) is 17.2 Å². The smallest absolute Gasteiger partial charge is 0.161 e. The highest BCUT2D eigenvalue weighted by Crippen LogP contribution is 2.37. The van der Waals surface area contributed by atoms with Crippen molar-refractivity contribution in [3.8, 4) is 17.2 Å². The number of nitrogens with one attached hydrogen (secondary N) is 1. The van der Waals surface area contributed by atoms with Crippen molar-refractivity contribution in [1.82, 2.24) is 15.1 Å². The molecule has 2 aromatic rings. The molecule has 176 valence electrons. The molecular weight excluding hydrogens is 402 g/mol. The number of nitrogens with zero attached hydrogens (tertiary/aromatic N) is 2. The molecule has 0 amide bonds.